The van der Waals surface area contributed by atoms with E-state index in [0.29, 0.717) is 28.8 Å². The minimum Gasteiger partial charge on any atom is -0.342 e. The number of sulfone groups is 1. The lowest BCUT2D eigenvalue weighted by Gasteiger charge is -2.30. The van der Waals surface area contributed by atoms with Crippen molar-refractivity contribution in [2.24, 2.45) is 18.0 Å². The first kappa shape index (κ1) is 21.0. The molecule has 2 aromatic rings. The largest absolute Gasteiger partial charge is 0.342 e. The van der Waals surface area contributed by atoms with Crippen LogP contribution in [-0.2, 0) is 26.5 Å². The Morgan fingerprint density at radius 1 is 1.25 bits per heavy atom. The molecule has 28 heavy (non-hydrogen) atoms. The van der Waals surface area contributed by atoms with E-state index in [2.05, 4.69) is 11.9 Å². The van der Waals surface area contributed by atoms with Crippen LogP contribution in [0, 0.1) is 5.92 Å². The number of piperidine rings is 1. The second kappa shape index (κ2) is 8.34. The number of likely N-dealkylation sites (tertiary alicyclic amines) is 1. The van der Waals surface area contributed by atoms with E-state index >= 15 is 0 Å². The van der Waals surface area contributed by atoms with E-state index in [1.165, 1.54) is 11.3 Å². The van der Waals surface area contributed by atoms with E-state index in [9.17, 15) is 18.0 Å². The molecule has 152 valence electrons. The van der Waals surface area contributed by atoms with Crippen LogP contribution in [-0.4, -0.2) is 54.3 Å². The molecule has 0 radical (unpaired) electrons. The van der Waals surface area contributed by atoms with Crippen LogP contribution in [0.25, 0.3) is 10.2 Å². The fourth-order valence-corrected chi connectivity index (χ4v) is 5.54. The number of thiazole rings is 1. The van der Waals surface area contributed by atoms with E-state index in [1.54, 1.807) is 28.6 Å². The summed E-state index contributed by atoms with van der Waals surface area (Å²) in [5, 5.41) is 0.570. The Bertz CT molecular complexity index is 1080. The van der Waals surface area contributed by atoms with Crippen LogP contribution in [0.2, 0.25) is 5.02 Å². The van der Waals surface area contributed by atoms with Crippen LogP contribution in [0.3, 0.4) is 0 Å². The lowest BCUT2D eigenvalue weighted by Crippen LogP contribution is -2.41. The summed E-state index contributed by atoms with van der Waals surface area (Å²) in [4.78, 5) is 30.4. The second-order valence-electron chi connectivity index (χ2n) is 7.16. The zero-order valence-corrected chi connectivity index (χ0v) is 18.1. The SMILES string of the molecule is CC1CCN(C(=O)CS(=O)(=O)CC(=O)N=c2sc3cc(Cl)ccc3n2C)CC1. The van der Waals surface area contributed by atoms with E-state index < -0.39 is 33.2 Å². The molecule has 1 aliphatic heterocycles. The molecule has 3 rings (SSSR count). The van der Waals surface area contributed by atoms with Crippen LogP contribution in [0.4, 0.5) is 0 Å². The summed E-state index contributed by atoms with van der Waals surface area (Å²) in [6.07, 6.45) is 1.74. The van der Waals surface area contributed by atoms with Gasteiger partial charge in [0.1, 0.15) is 11.5 Å². The highest BCUT2D eigenvalue weighted by Crippen LogP contribution is 2.21. The van der Waals surface area contributed by atoms with Gasteiger partial charge >= 0.3 is 0 Å². The monoisotopic (exact) mass is 443 g/mol. The summed E-state index contributed by atoms with van der Waals surface area (Å²) >= 11 is 7.23. The van der Waals surface area contributed by atoms with Crippen molar-refractivity contribution in [3.05, 3.63) is 28.0 Å². The van der Waals surface area contributed by atoms with Gasteiger partial charge in [0.05, 0.1) is 10.2 Å². The third-order valence-corrected chi connectivity index (χ3v) is 7.52. The summed E-state index contributed by atoms with van der Waals surface area (Å²) in [5.41, 5.74) is 0.846. The third-order valence-electron chi connectivity index (χ3n) is 4.81. The number of rotatable bonds is 4. The molecule has 7 nitrogen and oxygen atoms in total. The molecule has 10 heteroatoms. The molecule has 1 saturated heterocycles. The molecular weight excluding hydrogens is 422 g/mol. The molecule has 1 fully saturated rings. The van der Waals surface area contributed by atoms with E-state index in [-0.39, 0.29) is 0 Å². The fraction of sp³-hybridized carbons (Fsp3) is 0.500. The molecular formula is C18H22ClN3O4S2. The van der Waals surface area contributed by atoms with Crippen molar-refractivity contribution in [1.82, 2.24) is 9.47 Å². The molecule has 0 unspecified atom stereocenters. The third kappa shape index (κ3) is 5.01. The quantitative estimate of drug-likeness (QED) is 0.722. The van der Waals surface area contributed by atoms with Crippen molar-refractivity contribution in [3.8, 4) is 0 Å². The lowest BCUT2D eigenvalue weighted by molar-refractivity contribution is -0.129. The number of aromatic nitrogens is 1. The van der Waals surface area contributed by atoms with E-state index in [0.717, 1.165) is 23.1 Å². The number of hydrogen-bond acceptors (Lipinski definition) is 5. The van der Waals surface area contributed by atoms with Crippen molar-refractivity contribution in [1.29, 1.82) is 0 Å². The van der Waals surface area contributed by atoms with Gasteiger partial charge in [0, 0.05) is 25.2 Å². The molecule has 0 saturated carbocycles. The number of carbonyl (C=O) groups is 2. The highest BCUT2D eigenvalue weighted by Gasteiger charge is 2.26. The maximum atomic E-state index is 12.3. The normalized spacial score (nSPS) is 16.7. The smallest absolute Gasteiger partial charge is 0.263 e. The Balaban J connectivity index is 1.70. The number of fused-ring (bicyclic) bond motifs is 1. The van der Waals surface area contributed by atoms with Crippen LogP contribution < -0.4 is 4.80 Å². The highest BCUT2D eigenvalue weighted by molar-refractivity contribution is 7.92. The van der Waals surface area contributed by atoms with E-state index in [1.807, 2.05) is 6.07 Å². The summed E-state index contributed by atoms with van der Waals surface area (Å²) in [6, 6.07) is 5.31. The Kier molecular flexibility index (Phi) is 6.26. The number of aryl methyl sites for hydroxylation is 1. The van der Waals surface area contributed by atoms with Crippen molar-refractivity contribution < 1.29 is 18.0 Å². The van der Waals surface area contributed by atoms with Gasteiger partial charge in [0.2, 0.25) is 5.91 Å². The van der Waals surface area contributed by atoms with Crippen molar-refractivity contribution >= 4 is 54.8 Å². The predicted octanol–water partition coefficient (Wildman–Crippen LogP) is 1.99. The molecule has 2 amide bonds. The second-order valence-corrected chi connectivity index (χ2v) is 10.7. The van der Waals surface area contributed by atoms with Crippen molar-refractivity contribution in [3.63, 3.8) is 0 Å². The van der Waals surface area contributed by atoms with Gasteiger partial charge in [0.15, 0.2) is 14.6 Å². The first-order chi connectivity index (χ1) is 13.1. The number of amides is 2. The van der Waals surface area contributed by atoms with Gasteiger partial charge in [-0.3, -0.25) is 9.59 Å². The Morgan fingerprint density at radius 3 is 2.61 bits per heavy atom. The average molecular weight is 444 g/mol. The molecule has 1 aliphatic rings. The van der Waals surface area contributed by atoms with Gasteiger partial charge in [0.25, 0.3) is 5.91 Å². The summed E-state index contributed by atoms with van der Waals surface area (Å²) < 4.78 is 27.2. The summed E-state index contributed by atoms with van der Waals surface area (Å²) in [7, 11) is -2.13. The molecule has 0 atom stereocenters. The van der Waals surface area contributed by atoms with Crippen molar-refractivity contribution in [2.75, 3.05) is 24.6 Å². The first-order valence-corrected chi connectivity index (χ1v) is 12.0. The summed E-state index contributed by atoms with van der Waals surface area (Å²) in [5.74, 6) is -2.12. The standard InChI is InChI=1S/C18H22ClN3O4S2/c1-12-5-7-22(8-6-12)17(24)11-28(25,26)10-16(23)20-18-21(2)14-4-3-13(19)9-15(14)27-18/h3-4,9,12H,5-8,10-11H2,1-2H3. The zero-order valence-electron chi connectivity index (χ0n) is 15.7. The molecule has 1 aromatic heterocycles. The van der Waals surface area contributed by atoms with Crippen LogP contribution in [0.1, 0.15) is 19.8 Å². The predicted molar refractivity (Wildman–Crippen MR) is 110 cm³/mol. The Morgan fingerprint density at radius 2 is 1.93 bits per heavy atom. The maximum Gasteiger partial charge on any atom is 0.263 e. The first-order valence-electron chi connectivity index (χ1n) is 8.95. The molecule has 2 heterocycles. The van der Waals surface area contributed by atoms with E-state index in [4.69, 9.17) is 11.6 Å². The molecule has 1 aromatic carbocycles. The average Bonchev–Trinajstić information content (AvgIpc) is 2.89. The van der Waals surface area contributed by atoms with Crippen molar-refractivity contribution in [2.45, 2.75) is 19.8 Å². The molecule has 0 bridgehead atoms. The van der Waals surface area contributed by atoms with Gasteiger partial charge in [-0.15, -0.1) is 0 Å². The van der Waals surface area contributed by atoms with Gasteiger partial charge in [-0.2, -0.15) is 4.99 Å². The van der Waals surface area contributed by atoms with Crippen LogP contribution in [0.15, 0.2) is 23.2 Å². The Hall–Kier alpha value is -1.71. The van der Waals surface area contributed by atoms with Crippen LogP contribution >= 0.6 is 22.9 Å². The number of nitrogens with zero attached hydrogens (tertiary/aromatic N) is 3. The lowest BCUT2D eigenvalue weighted by atomic mass is 9.99. The highest BCUT2D eigenvalue weighted by atomic mass is 35.5. The fourth-order valence-electron chi connectivity index (χ4n) is 3.13. The molecule has 0 N–H and O–H groups in total. The molecule has 0 aliphatic carbocycles. The minimum absolute atomic E-state index is 0.383. The van der Waals surface area contributed by atoms with Gasteiger partial charge in [-0.25, -0.2) is 8.42 Å². The summed E-state index contributed by atoms with van der Waals surface area (Å²) in [6.45, 7) is 3.24. The van der Waals surface area contributed by atoms with Gasteiger partial charge < -0.3 is 9.47 Å². The number of halogens is 1. The van der Waals surface area contributed by atoms with Gasteiger partial charge in [-0.05, 0) is 37.0 Å². The zero-order chi connectivity index (χ0) is 20.5. The minimum atomic E-state index is -3.87. The number of hydrogen-bond donors (Lipinski definition) is 0. The topological polar surface area (TPSA) is 88.8 Å². The maximum absolute atomic E-state index is 12.3. The van der Waals surface area contributed by atoms with Crippen LogP contribution in [0.5, 0.6) is 0 Å². The molecule has 0 spiro atoms. The Labute approximate surface area is 172 Å². The van der Waals surface area contributed by atoms with Gasteiger partial charge in [-0.1, -0.05) is 29.9 Å². The number of benzene rings is 1. The number of carbonyl (C=O) groups excluding carboxylic acids is 2.